The van der Waals surface area contributed by atoms with Gasteiger partial charge in [-0.25, -0.2) is 9.37 Å². The van der Waals surface area contributed by atoms with Gasteiger partial charge >= 0.3 is 0 Å². The number of halogens is 1. The highest BCUT2D eigenvalue weighted by Gasteiger charge is 2.16. The molecular formula is C19H14FN3O4S. The topological polar surface area (TPSA) is 89.6 Å². The SMILES string of the molecule is O=C(CNC(=O)c1cccc(F)c1)Nc1nc(-c2ccc3c(c2)OCO3)cs1. The molecule has 1 aliphatic heterocycles. The van der Waals surface area contributed by atoms with Crippen LogP contribution in [-0.2, 0) is 4.79 Å². The smallest absolute Gasteiger partial charge is 0.251 e. The van der Waals surface area contributed by atoms with Crippen LogP contribution in [0, 0.1) is 5.82 Å². The van der Waals surface area contributed by atoms with E-state index in [0.29, 0.717) is 22.3 Å². The minimum absolute atomic E-state index is 0.146. The van der Waals surface area contributed by atoms with Crippen LogP contribution in [0.2, 0.25) is 0 Å². The number of nitrogens with zero attached hydrogens (tertiary/aromatic N) is 1. The molecule has 7 nitrogen and oxygen atoms in total. The van der Waals surface area contributed by atoms with Gasteiger partial charge in [0.15, 0.2) is 16.6 Å². The largest absolute Gasteiger partial charge is 0.454 e. The van der Waals surface area contributed by atoms with E-state index in [4.69, 9.17) is 9.47 Å². The molecule has 2 N–H and O–H groups in total. The lowest BCUT2D eigenvalue weighted by Gasteiger charge is -2.05. The van der Waals surface area contributed by atoms with Gasteiger partial charge in [-0.3, -0.25) is 9.59 Å². The molecule has 4 rings (SSSR count). The van der Waals surface area contributed by atoms with Gasteiger partial charge in [-0.1, -0.05) is 6.07 Å². The van der Waals surface area contributed by atoms with Crippen LogP contribution >= 0.6 is 11.3 Å². The Morgan fingerprint density at radius 2 is 2.00 bits per heavy atom. The molecule has 3 aromatic rings. The molecular weight excluding hydrogens is 385 g/mol. The summed E-state index contributed by atoms with van der Waals surface area (Å²) < 4.78 is 23.8. The van der Waals surface area contributed by atoms with E-state index in [1.807, 2.05) is 12.1 Å². The molecule has 1 aliphatic rings. The highest BCUT2D eigenvalue weighted by atomic mass is 32.1. The number of anilines is 1. The van der Waals surface area contributed by atoms with Crippen molar-refractivity contribution >= 4 is 28.3 Å². The lowest BCUT2D eigenvalue weighted by molar-refractivity contribution is -0.115. The molecule has 2 aromatic carbocycles. The van der Waals surface area contributed by atoms with Crippen molar-refractivity contribution in [3.05, 3.63) is 59.2 Å². The highest BCUT2D eigenvalue weighted by molar-refractivity contribution is 7.14. The highest BCUT2D eigenvalue weighted by Crippen LogP contribution is 2.36. The van der Waals surface area contributed by atoms with Crippen LogP contribution in [0.5, 0.6) is 11.5 Å². The normalized spacial score (nSPS) is 11.9. The van der Waals surface area contributed by atoms with Crippen molar-refractivity contribution in [1.29, 1.82) is 0 Å². The Labute approximate surface area is 163 Å². The third-order valence-electron chi connectivity index (χ3n) is 3.92. The Bertz CT molecular complexity index is 1050. The van der Waals surface area contributed by atoms with E-state index in [1.165, 1.54) is 29.5 Å². The summed E-state index contributed by atoms with van der Waals surface area (Å²) in [4.78, 5) is 28.4. The number of benzene rings is 2. The molecule has 2 amide bonds. The predicted molar refractivity (Wildman–Crippen MR) is 101 cm³/mol. The number of hydrogen-bond acceptors (Lipinski definition) is 6. The van der Waals surface area contributed by atoms with E-state index in [2.05, 4.69) is 15.6 Å². The number of carbonyl (C=O) groups is 2. The lowest BCUT2D eigenvalue weighted by atomic mass is 10.1. The quantitative estimate of drug-likeness (QED) is 0.688. The van der Waals surface area contributed by atoms with E-state index in [-0.39, 0.29) is 18.9 Å². The van der Waals surface area contributed by atoms with E-state index >= 15 is 0 Å². The summed E-state index contributed by atoms with van der Waals surface area (Å²) in [5, 5.41) is 7.27. The second-order valence-corrected chi connectivity index (χ2v) is 6.71. The summed E-state index contributed by atoms with van der Waals surface area (Å²) in [5.41, 5.74) is 1.66. The van der Waals surface area contributed by atoms with Gasteiger partial charge in [-0.05, 0) is 36.4 Å². The molecule has 28 heavy (non-hydrogen) atoms. The number of nitrogens with one attached hydrogen (secondary N) is 2. The first-order valence-electron chi connectivity index (χ1n) is 8.28. The van der Waals surface area contributed by atoms with Gasteiger partial charge in [0.2, 0.25) is 12.7 Å². The van der Waals surface area contributed by atoms with Gasteiger partial charge in [-0.15, -0.1) is 11.3 Å². The van der Waals surface area contributed by atoms with E-state index < -0.39 is 17.6 Å². The van der Waals surface area contributed by atoms with Gasteiger partial charge in [0, 0.05) is 16.5 Å². The first-order valence-corrected chi connectivity index (χ1v) is 9.15. The summed E-state index contributed by atoms with van der Waals surface area (Å²) >= 11 is 1.26. The monoisotopic (exact) mass is 399 g/mol. The van der Waals surface area contributed by atoms with E-state index in [0.717, 1.165) is 11.6 Å². The zero-order chi connectivity index (χ0) is 19.5. The Hall–Kier alpha value is -3.46. The summed E-state index contributed by atoms with van der Waals surface area (Å²) in [6.45, 7) is -0.0627. The molecule has 0 bridgehead atoms. The first-order chi connectivity index (χ1) is 13.6. The minimum Gasteiger partial charge on any atom is -0.454 e. The fourth-order valence-electron chi connectivity index (χ4n) is 2.58. The molecule has 9 heteroatoms. The first kappa shape index (κ1) is 17.9. The number of carbonyl (C=O) groups excluding carboxylic acids is 2. The van der Waals surface area contributed by atoms with Crippen LogP contribution < -0.4 is 20.1 Å². The summed E-state index contributed by atoms with van der Waals surface area (Å²) in [6, 6.07) is 10.7. The fraction of sp³-hybridized carbons (Fsp3) is 0.105. The maximum atomic E-state index is 13.1. The van der Waals surface area contributed by atoms with Crippen LogP contribution in [0.1, 0.15) is 10.4 Å². The number of fused-ring (bicyclic) bond motifs is 1. The number of ether oxygens (including phenoxy) is 2. The maximum Gasteiger partial charge on any atom is 0.251 e. The van der Waals surface area contributed by atoms with Crippen LogP contribution in [-0.4, -0.2) is 30.1 Å². The molecule has 0 unspecified atom stereocenters. The summed E-state index contributed by atoms with van der Waals surface area (Å²) in [7, 11) is 0. The molecule has 142 valence electrons. The lowest BCUT2D eigenvalue weighted by Crippen LogP contribution is -2.32. The number of rotatable bonds is 5. The molecule has 0 radical (unpaired) electrons. The molecule has 0 fully saturated rings. The number of thiazole rings is 1. The van der Waals surface area contributed by atoms with Crippen molar-refractivity contribution in [1.82, 2.24) is 10.3 Å². The van der Waals surface area contributed by atoms with Crippen molar-refractivity contribution in [2.45, 2.75) is 0 Å². The third-order valence-corrected chi connectivity index (χ3v) is 4.67. The number of aromatic nitrogens is 1. The number of hydrogen-bond donors (Lipinski definition) is 2. The number of amides is 2. The minimum atomic E-state index is -0.533. The Kier molecular flexibility index (Phi) is 4.90. The molecule has 1 aromatic heterocycles. The van der Waals surface area contributed by atoms with Gasteiger partial charge in [0.25, 0.3) is 5.91 Å². The van der Waals surface area contributed by atoms with Gasteiger partial charge < -0.3 is 20.1 Å². The molecule has 0 atom stereocenters. The van der Waals surface area contributed by atoms with Crippen molar-refractivity contribution in [3.63, 3.8) is 0 Å². The zero-order valence-electron chi connectivity index (χ0n) is 14.4. The zero-order valence-corrected chi connectivity index (χ0v) is 15.2. The van der Waals surface area contributed by atoms with Crippen molar-refractivity contribution in [3.8, 4) is 22.8 Å². The Morgan fingerprint density at radius 1 is 1.14 bits per heavy atom. The van der Waals surface area contributed by atoms with Gasteiger partial charge in [0.05, 0.1) is 12.2 Å². The van der Waals surface area contributed by atoms with Crippen molar-refractivity contribution < 1.29 is 23.5 Å². The van der Waals surface area contributed by atoms with Gasteiger partial charge in [-0.2, -0.15) is 0 Å². The standard InChI is InChI=1S/C19H14FN3O4S/c20-13-3-1-2-12(6-13)18(25)21-8-17(24)23-19-22-14(9-28-19)11-4-5-15-16(7-11)27-10-26-15/h1-7,9H,8,10H2,(H,21,25)(H,22,23,24). The van der Waals surface area contributed by atoms with Gasteiger partial charge in [0.1, 0.15) is 5.82 Å². The van der Waals surface area contributed by atoms with E-state index in [1.54, 1.807) is 11.4 Å². The van der Waals surface area contributed by atoms with Crippen molar-refractivity contribution in [2.24, 2.45) is 0 Å². The summed E-state index contributed by atoms with van der Waals surface area (Å²) in [5.74, 6) is -0.153. The second-order valence-electron chi connectivity index (χ2n) is 5.85. The van der Waals surface area contributed by atoms with Crippen LogP contribution in [0.3, 0.4) is 0 Å². The second kappa shape index (κ2) is 7.65. The van der Waals surface area contributed by atoms with Crippen LogP contribution in [0.4, 0.5) is 9.52 Å². The molecule has 2 heterocycles. The maximum absolute atomic E-state index is 13.1. The van der Waals surface area contributed by atoms with Crippen molar-refractivity contribution in [2.75, 3.05) is 18.7 Å². The molecule has 0 saturated carbocycles. The third kappa shape index (κ3) is 3.94. The predicted octanol–water partition coefficient (Wildman–Crippen LogP) is 3.05. The van der Waals surface area contributed by atoms with Crippen LogP contribution in [0.15, 0.2) is 47.8 Å². The Morgan fingerprint density at radius 3 is 2.86 bits per heavy atom. The molecule has 0 spiro atoms. The summed E-state index contributed by atoms with van der Waals surface area (Å²) in [6.07, 6.45) is 0. The van der Waals surface area contributed by atoms with Crippen LogP contribution in [0.25, 0.3) is 11.3 Å². The average Bonchev–Trinajstić information content (AvgIpc) is 3.34. The average molecular weight is 399 g/mol. The Balaban J connectivity index is 1.35. The van der Waals surface area contributed by atoms with E-state index in [9.17, 15) is 14.0 Å². The molecule has 0 saturated heterocycles. The molecule has 0 aliphatic carbocycles. The fourth-order valence-corrected chi connectivity index (χ4v) is 3.31.